The third-order valence-electron chi connectivity index (χ3n) is 15.2. The minimum Gasteiger partial charge on any atom is -0.309 e. The monoisotopic (exact) mass is 954 g/mol. The van der Waals surface area contributed by atoms with Gasteiger partial charge in [0.05, 0.1) is 44.5 Å². The number of hydrogen-bond acceptors (Lipinski definition) is 1. The summed E-state index contributed by atoms with van der Waals surface area (Å²) in [4.78, 5) is 5.26. The Morgan fingerprint density at radius 3 is 0.893 bits per heavy atom. The summed E-state index contributed by atoms with van der Waals surface area (Å²) in [5.41, 5.74) is 21.6. The van der Waals surface area contributed by atoms with E-state index in [1.807, 2.05) is 0 Å². The third kappa shape index (κ3) is 7.10. The predicted molar refractivity (Wildman–Crippen MR) is 314 cm³/mol. The number of rotatable bonds is 8. The summed E-state index contributed by atoms with van der Waals surface area (Å²) in [6.45, 7) is 0. The van der Waals surface area contributed by atoms with Crippen molar-refractivity contribution in [2.24, 2.45) is 0 Å². The quantitative estimate of drug-likeness (QED) is 0.149. The second kappa shape index (κ2) is 17.3. The summed E-state index contributed by atoms with van der Waals surface area (Å²) in [5, 5.41) is 7.36. The fourth-order valence-corrected chi connectivity index (χ4v) is 11.7. The molecule has 0 amide bonds. The van der Waals surface area contributed by atoms with Crippen LogP contribution in [0.15, 0.2) is 279 Å². The van der Waals surface area contributed by atoms with Gasteiger partial charge in [0.1, 0.15) is 0 Å². The van der Waals surface area contributed by atoms with E-state index in [4.69, 9.17) is 4.98 Å². The standard InChI is InChI=1S/C71H46N4/c1-5-17-47(18-6-1)54-45-64(48-19-7-2-8-20-48)72-65(46-54)49-29-35-57(36-30-49)75-70-39-33-52(50-31-37-68-60(41-50)58-25-13-15-27-66(58)73(68)55-21-9-3-10-22-55)43-62(70)63-44-53(34-40-71(63)75)51-32-38-69-61(42-51)59-26-14-16-28-67(59)74(69)56-23-11-4-12-24-56/h1-46H. The van der Waals surface area contributed by atoms with E-state index in [0.29, 0.717) is 0 Å². The fourth-order valence-electron chi connectivity index (χ4n) is 11.7. The number of nitrogens with zero attached hydrogens (tertiary/aromatic N) is 4. The van der Waals surface area contributed by atoms with Crippen LogP contribution in [-0.2, 0) is 0 Å². The SMILES string of the molecule is c1ccc(-c2cc(-c3ccccc3)nc(-c3ccc(-n4c5ccc(-c6ccc7c(c6)c6ccccc6n7-c6ccccc6)cc5c5cc(-c6ccc7c(c6)c6ccccc6n7-c6ccccc6)ccc54)cc3)c2)cc1. The van der Waals surface area contributed by atoms with Gasteiger partial charge in [0.15, 0.2) is 0 Å². The fraction of sp³-hybridized carbons (Fsp3) is 0. The Morgan fingerprint density at radius 2 is 0.480 bits per heavy atom. The molecule has 0 spiro atoms. The minimum absolute atomic E-state index is 0.936. The maximum absolute atomic E-state index is 5.26. The molecule has 0 aliphatic heterocycles. The van der Waals surface area contributed by atoms with Gasteiger partial charge in [0.25, 0.3) is 0 Å². The molecule has 350 valence electrons. The zero-order valence-electron chi connectivity index (χ0n) is 40.8. The smallest absolute Gasteiger partial charge is 0.0715 e. The Balaban J connectivity index is 0.897. The van der Waals surface area contributed by atoms with Crippen molar-refractivity contribution in [3.63, 3.8) is 0 Å². The molecule has 4 heteroatoms. The Morgan fingerprint density at radius 1 is 0.187 bits per heavy atom. The first kappa shape index (κ1) is 42.6. The minimum atomic E-state index is 0.936. The van der Waals surface area contributed by atoms with Crippen molar-refractivity contribution >= 4 is 65.4 Å². The summed E-state index contributed by atoms with van der Waals surface area (Å²) in [6, 6.07) is 101. The van der Waals surface area contributed by atoms with Crippen molar-refractivity contribution in [2.45, 2.75) is 0 Å². The highest BCUT2D eigenvalue weighted by atomic mass is 15.0. The summed E-state index contributed by atoms with van der Waals surface area (Å²) >= 11 is 0. The molecule has 0 aliphatic carbocycles. The molecular formula is C71H46N4. The molecule has 0 atom stereocenters. The number of hydrogen-bond donors (Lipinski definition) is 0. The molecule has 75 heavy (non-hydrogen) atoms. The Labute approximate surface area is 433 Å². The number of benzene rings is 11. The first-order valence-corrected chi connectivity index (χ1v) is 25.7. The average molecular weight is 955 g/mol. The molecule has 0 fully saturated rings. The molecule has 4 nitrogen and oxygen atoms in total. The lowest BCUT2D eigenvalue weighted by Crippen LogP contribution is -1.95. The molecule has 0 radical (unpaired) electrons. The Hall–Kier alpha value is -10.0. The number of fused-ring (bicyclic) bond motifs is 9. The molecule has 0 unspecified atom stereocenters. The van der Waals surface area contributed by atoms with Crippen LogP contribution >= 0.6 is 0 Å². The highest BCUT2D eigenvalue weighted by Crippen LogP contribution is 2.42. The largest absolute Gasteiger partial charge is 0.309 e. The molecule has 0 bridgehead atoms. The van der Waals surface area contributed by atoms with Gasteiger partial charge < -0.3 is 13.7 Å². The van der Waals surface area contributed by atoms with Crippen LogP contribution in [0, 0.1) is 0 Å². The average Bonchev–Trinajstić information content (AvgIpc) is 4.18. The van der Waals surface area contributed by atoms with Crippen LogP contribution in [0.4, 0.5) is 0 Å². The summed E-state index contributed by atoms with van der Waals surface area (Å²) in [6.07, 6.45) is 0. The lowest BCUT2D eigenvalue weighted by Gasteiger charge is -2.12. The molecule has 4 aromatic heterocycles. The van der Waals surface area contributed by atoms with Gasteiger partial charge in [0, 0.05) is 60.5 Å². The summed E-state index contributed by atoms with van der Waals surface area (Å²) < 4.78 is 7.19. The molecule has 0 saturated heterocycles. The molecular weight excluding hydrogens is 909 g/mol. The molecule has 0 N–H and O–H groups in total. The second-order valence-corrected chi connectivity index (χ2v) is 19.5. The van der Waals surface area contributed by atoms with Gasteiger partial charge in [-0.15, -0.1) is 0 Å². The maximum atomic E-state index is 5.26. The predicted octanol–water partition coefficient (Wildman–Crippen LogP) is 18.7. The van der Waals surface area contributed by atoms with E-state index in [1.54, 1.807) is 0 Å². The Kier molecular flexibility index (Phi) is 9.85. The van der Waals surface area contributed by atoms with E-state index < -0.39 is 0 Å². The van der Waals surface area contributed by atoms with E-state index >= 15 is 0 Å². The van der Waals surface area contributed by atoms with Crippen molar-refractivity contribution in [3.05, 3.63) is 279 Å². The first-order valence-electron chi connectivity index (χ1n) is 25.7. The number of pyridine rings is 1. The van der Waals surface area contributed by atoms with Crippen molar-refractivity contribution in [1.82, 2.24) is 18.7 Å². The van der Waals surface area contributed by atoms with Crippen molar-refractivity contribution in [2.75, 3.05) is 0 Å². The number of para-hydroxylation sites is 4. The molecule has 4 heterocycles. The molecule has 0 saturated carbocycles. The van der Waals surface area contributed by atoms with Crippen LogP contribution in [0.1, 0.15) is 0 Å². The van der Waals surface area contributed by atoms with Crippen molar-refractivity contribution < 1.29 is 0 Å². The topological polar surface area (TPSA) is 27.7 Å². The van der Waals surface area contributed by atoms with E-state index in [0.717, 1.165) is 61.7 Å². The van der Waals surface area contributed by atoms with E-state index in [1.165, 1.54) is 76.6 Å². The zero-order chi connectivity index (χ0) is 49.4. The summed E-state index contributed by atoms with van der Waals surface area (Å²) in [7, 11) is 0. The van der Waals surface area contributed by atoms with Gasteiger partial charge >= 0.3 is 0 Å². The van der Waals surface area contributed by atoms with Gasteiger partial charge in [-0.1, -0.05) is 170 Å². The molecule has 0 aliphatic rings. The van der Waals surface area contributed by atoms with E-state index in [9.17, 15) is 0 Å². The molecule has 15 aromatic rings. The normalized spacial score (nSPS) is 11.7. The van der Waals surface area contributed by atoms with Crippen LogP contribution in [0.25, 0.3) is 138 Å². The van der Waals surface area contributed by atoms with Crippen LogP contribution < -0.4 is 0 Å². The molecule has 11 aromatic carbocycles. The van der Waals surface area contributed by atoms with Gasteiger partial charge in [-0.05, 0) is 143 Å². The van der Waals surface area contributed by atoms with Gasteiger partial charge in [0.2, 0.25) is 0 Å². The van der Waals surface area contributed by atoms with Crippen LogP contribution in [0.5, 0.6) is 0 Å². The maximum Gasteiger partial charge on any atom is 0.0715 e. The van der Waals surface area contributed by atoms with Gasteiger partial charge in [-0.2, -0.15) is 0 Å². The van der Waals surface area contributed by atoms with Crippen LogP contribution in [0.2, 0.25) is 0 Å². The van der Waals surface area contributed by atoms with E-state index in [-0.39, 0.29) is 0 Å². The zero-order valence-corrected chi connectivity index (χ0v) is 40.8. The van der Waals surface area contributed by atoms with Crippen LogP contribution in [-0.4, -0.2) is 18.7 Å². The highest BCUT2D eigenvalue weighted by Gasteiger charge is 2.19. The first-order chi connectivity index (χ1) is 37.2. The third-order valence-corrected chi connectivity index (χ3v) is 15.2. The van der Waals surface area contributed by atoms with E-state index in [2.05, 4.69) is 293 Å². The van der Waals surface area contributed by atoms with Crippen LogP contribution in [0.3, 0.4) is 0 Å². The number of aromatic nitrogens is 4. The van der Waals surface area contributed by atoms with Gasteiger partial charge in [-0.25, -0.2) is 4.98 Å². The summed E-state index contributed by atoms with van der Waals surface area (Å²) in [5.74, 6) is 0. The van der Waals surface area contributed by atoms with Crippen molar-refractivity contribution in [3.8, 4) is 73.0 Å². The van der Waals surface area contributed by atoms with Crippen molar-refractivity contribution in [1.29, 1.82) is 0 Å². The molecule has 15 rings (SSSR count). The lowest BCUT2D eigenvalue weighted by atomic mass is 9.98. The van der Waals surface area contributed by atoms with Gasteiger partial charge in [-0.3, -0.25) is 0 Å². The Bertz CT molecular complexity index is 4390. The second-order valence-electron chi connectivity index (χ2n) is 19.5. The highest BCUT2D eigenvalue weighted by molar-refractivity contribution is 6.14. The lowest BCUT2D eigenvalue weighted by molar-refractivity contribution is 1.18.